The molecule has 4 aromatic rings. The first kappa shape index (κ1) is 23.5. The van der Waals surface area contributed by atoms with Gasteiger partial charge in [-0.25, -0.2) is 8.78 Å². The van der Waals surface area contributed by atoms with E-state index in [2.05, 4.69) is 16.0 Å². The number of aliphatic hydroxyl groups is 1. The maximum absolute atomic E-state index is 14.6. The van der Waals surface area contributed by atoms with Crippen molar-refractivity contribution >= 4 is 11.6 Å². The number of amides is 1. The Morgan fingerprint density at radius 1 is 0.972 bits per heavy atom. The molecule has 1 aliphatic rings. The number of fused-ring (bicyclic) bond motifs is 3. The van der Waals surface area contributed by atoms with Gasteiger partial charge in [-0.2, -0.15) is 18.3 Å². The van der Waals surface area contributed by atoms with Crippen LogP contribution in [0.1, 0.15) is 11.1 Å². The summed E-state index contributed by atoms with van der Waals surface area (Å²) in [6, 6.07) is 12.5. The third kappa shape index (κ3) is 3.87. The molecule has 0 saturated carbocycles. The van der Waals surface area contributed by atoms with Crippen molar-refractivity contribution in [2.75, 3.05) is 5.43 Å². The normalized spacial score (nSPS) is 16.4. The highest BCUT2D eigenvalue weighted by Gasteiger charge is 2.61. The molecule has 6 nitrogen and oxygen atoms in total. The number of rotatable bonds is 5. The Balaban J connectivity index is 1.46. The molecule has 0 bridgehead atoms. The lowest BCUT2D eigenvalue weighted by molar-refractivity contribution is -0.246. The van der Waals surface area contributed by atoms with Crippen molar-refractivity contribution in [2.24, 2.45) is 0 Å². The number of benzene rings is 3. The number of aromatic nitrogens is 2. The molecular weight excluding hydrogens is 483 g/mol. The van der Waals surface area contributed by atoms with E-state index in [1.54, 1.807) is 0 Å². The van der Waals surface area contributed by atoms with Crippen molar-refractivity contribution in [2.45, 2.75) is 18.3 Å². The number of carbonyl (C=O) groups excluding carboxylic acids is 1. The van der Waals surface area contributed by atoms with E-state index in [0.29, 0.717) is 11.8 Å². The zero-order valence-corrected chi connectivity index (χ0v) is 18.3. The summed E-state index contributed by atoms with van der Waals surface area (Å²) < 4.78 is 71.0. The highest BCUT2D eigenvalue weighted by molar-refractivity contribution is 5.92. The van der Waals surface area contributed by atoms with Crippen LogP contribution in [0.25, 0.3) is 22.3 Å². The predicted molar refractivity (Wildman–Crippen MR) is 120 cm³/mol. The fourth-order valence-electron chi connectivity index (χ4n) is 4.33. The number of hydrogen-bond donors (Lipinski definition) is 3. The number of halogens is 5. The van der Waals surface area contributed by atoms with E-state index in [4.69, 9.17) is 0 Å². The Bertz CT molecular complexity index is 1470. The molecule has 0 aliphatic heterocycles. The third-order valence-electron chi connectivity index (χ3n) is 5.93. The molecule has 1 heterocycles. The second kappa shape index (κ2) is 8.45. The van der Waals surface area contributed by atoms with Gasteiger partial charge in [0.1, 0.15) is 18.2 Å². The van der Waals surface area contributed by atoms with E-state index < -0.39 is 40.4 Å². The largest absolute Gasteiger partial charge is 0.425 e. The van der Waals surface area contributed by atoms with Crippen LogP contribution in [0.3, 0.4) is 0 Å². The molecule has 0 spiro atoms. The summed E-state index contributed by atoms with van der Waals surface area (Å²) in [7, 11) is 0. The first-order valence-corrected chi connectivity index (χ1v) is 10.6. The fourth-order valence-corrected chi connectivity index (χ4v) is 4.33. The van der Waals surface area contributed by atoms with Crippen LogP contribution in [0.4, 0.5) is 27.6 Å². The Labute approximate surface area is 201 Å². The molecule has 0 saturated heterocycles. The molecule has 0 radical (unpaired) electrons. The van der Waals surface area contributed by atoms with Gasteiger partial charge in [0.15, 0.2) is 0 Å². The van der Waals surface area contributed by atoms with E-state index in [1.165, 1.54) is 59.5 Å². The summed E-state index contributed by atoms with van der Waals surface area (Å²) >= 11 is 0. The van der Waals surface area contributed by atoms with E-state index >= 15 is 0 Å². The van der Waals surface area contributed by atoms with Crippen LogP contribution in [0, 0.1) is 11.6 Å². The maximum atomic E-state index is 14.6. The van der Waals surface area contributed by atoms with Crippen molar-refractivity contribution in [1.82, 2.24) is 15.2 Å². The second-order valence-corrected chi connectivity index (χ2v) is 8.24. The molecular formula is C25H17F5N4O2. The summed E-state index contributed by atoms with van der Waals surface area (Å²) in [5.74, 6) is -1.92. The van der Waals surface area contributed by atoms with Gasteiger partial charge in [0.25, 0.3) is 5.91 Å². The van der Waals surface area contributed by atoms with Crippen molar-refractivity contribution < 1.29 is 31.9 Å². The van der Waals surface area contributed by atoms with Gasteiger partial charge in [0, 0.05) is 22.9 Å². The highest BCUT2D eigenvalue weighted by atomic mass is 19.4. The highest BCUT2D eigenvalue weighted by Crippen LogP contribution is 2.57. The van der Waals surface area contributed by atoms with Gasteiger partial charge in [0.2, 0.25) is 5.60 Å². The quantitative estimate of drug-likeness (QED) is 0.273. The van der Waals surface area contributed by atoms with Gasteiger partial charge < -0.3 is 5.11 Å². The van der Waals surface area contributed by atoms with Gasteiger partial charge in [-0.15, -0.1) is 0 Å². The summed E-state index contributed by atoms with van der Waals surface area (Å²) in [5, 5.41) is 14.9. The minimum absolute atomic E-state index is 0.0359. The van der Waals surface area contributed by atoms with Gasteiger partial charge >= 0.3 is 6.18 Å². The standard InChI is InChI=1S/C25H17F5N4O2/c26-15-5-7-17(8-6-15)32-33-22(35)13-34-12-14(11-31-34)19-9-16(27)10-21-23(19)18-3-1-2-4-20(18)24(21,36)25(28,29)30/h1-12,32,36H,13H2,(H,33,35). The minimum atomic E-state index is -5.10. The zero-order valence-electron chi connectivity index (χ0n) is 18.3. The number of nitrogens with zero attached hydrogens (tertiary/aromatic N) is 2. The number of carbonyl (C=O) groups is 1. The van der Waals surface area contributed by atoms with Crippen molar-refractivity contribution in [1.29, 1.82) is 0 Å². The predicted octanol–water partition coefficient (Wildman–Crippen LogP) is 4.75. The van der Waals surface area contributed by atoms with Gasteiger partial charge in [0.05, 0.1) is 11.9 Å². The Kier molecular flexibility index (Phi) is 5.51. The summed E-state index contributed by atoms with van der Waals surface area (Å²) in [6.45, 7) is -0.269. The van der Waals surface area contributed by atoms with Gasteiger partial charge in [-0.1, -0.05) is 24.3 Å². The molecule has 184 valence electrons. The zero-order chi connectivity index (χ0) is 25.7. The fraction of sp³-hybridized carbons (Fsp3) is 0.120. The molecule has 36 heavy (non-hydrogen) atoms. The first-order valence-electron chi connectivity index (χ1n) is 10.6. The molecule has 1 aliphatic carbocycles. The van der Waals surface area contributed by atoms with Crippen molar-refractivity contribution in [3.8, 4) is 22.3 Å². The number of hydrazine groups is 1. The van der Waals surface area contributed by atoms with E-state index in [9.17, 15) is 31.9 Å². The maximum Gasteiger partial charge on any atom is 0.425 e. The molecule has 1 unspecified atom stereocenters. The van der Waals surface area contributed by atoms with E-state index in [1.807, 2.05) is 0 Å². The summed E-state index contributed by atoms with van der Waals surface area (Å²) in [5.41, 5.74) is 1.60. The van der Waals surface area contributed by atoms with Crippen LogP contribution in [0.5, 0.6) is 0 Å². The molecule has 3 aromatic carbocycles. The van der Waals surface area contributed by atoms with Gasteiger partial charge in [-0.3, -0.25) is 20.3 Å². The number of hydrogen-bond acceptors (Lipinski definition) is 4. The molecule has 1 aromatic heterocycles. The van der Waals surface area contributed by atoms with Crippen LogP contribution < -0.4 is 10.9 Å². The van der Waals surface area contributed by atoms with Crippen LogP contribution in [-0.4, -0.2) is 27.0 Å². The second-order valence-electron chi connectivity index (χ2n) is 8.24. The Hall–Kier alpha value is -4.25. The molecule has 5 rings (SSSR count). The third-order valence-corrected chi connectivity index (χ3v) is 5.93. The van der Waals surface area contributed by atoms with Gasteiger partial charge in [-0.05, 0) is 53.1 Å². The Morgan fingerprint density at radius 3 is 2.42 bits per heavy atom. The number of nitrogens with one attached hydrogen (secondary N) is 2. The Morgan fingerprint density at radius 2 is 1.69 bits per heavy atom. The minimum Gasteiger partial charge on any atom is -0.372 e. The topological polar surface area (TPSA) is 79.2 Å². The number of alkyl halides is 3. The molecule has 0 fully saturated rings. The van der Waals surface area contributed by atoms with E-state index in [0.717, 1.165) is 12.1 Å². The van der Waals surface area contributed by atoms with Crippen molar-refractivity contribution in [3.05, 3.63) is 95.8 Å². The lowest BCUT2D eigenvalue weighted by Crippen LogP contribution is -2.41. The van der Waals surface area contributed by atoms with Crippen LogP contribution in [0.15, 0.2) is 73.1 Å². The number of anilines is 1. The molecule has 1 atom stereocenters. The SMILES string of the molecule is O=C(Cn1cc(-c2cc(F)cc3c2-c2ccccc2C3(O)C(F)(F)F)cn1)NNc1ccc(F)cc1. The van der Waals surface area contributed by atoms with E-state index in [-0.39, 0.29) is 28.8 Å². The lowest BCUT2D eigenvalue weighted by atomic mass is 9.89. The average Bonchev–Trinajstić information content (AvgIpc) is 3.40. The van der Waals surface area contributed by atoms with Crippen LogP contribution in [0.2, 0.25) is 0 Å². The monoisotopic (exact) mass is 500 g/mol. The van der Waals surface area contributed by atoms with Crippen LogP contribution in [-0.2, 0) is 16.9 Å². The average molecular weight is 500 g/mol. The molecule has 11 heteroatoms. The smallest absolute Gasteiger partial charge is 0.372 e. The molecule has 1 amide bonds. The van der Waals surface area contributed by atoms with Crippen LogP contribution >= 0.6 is 0 Å². The lowest BCUT2D eigenvalue weighted by Gasteiger charge is -2.28. The molecule has 3 N–H and O–H groups in total. The first-order chi connectivity index (χ1) is 17.1. The van der Waals surface area contributed by atoms with Crippen molar-refractivity contribution in [3.63, 3.8) is 0 Å². The summed E-state index contributed by atoms with van der Waals surface area (Å²) in [6.07, 6.45) is -2.41. The summed E-state index contributed by atoms with van der Waals surface area (Å²) in [4.78, 5) is 12.3.